The first-order valence-electron chi connectivity index (χ1n) is 8.72. The van der Waals surface area contributed by atoms with Gasteiger partial charge in [-0.15, -0.1) is 0 Å². The Balaban J connectivity index is 1.73. The second kappa shape index (κ2) is 7.58. The van der Waals surface area contributed by atoms with Crippen LogP contribution in [0.4, 0.5) is 4.79 Å². The molecular formula is C19H25ClN4O. The topological polar surface area (TPSA) is 48.5 Å². The number of carbonyl (C=O) groups excluding carboxylic acids is 1. The molecule has 3 rings (SSSR count). The minimum atomic E-state index is -0.147. The van der Waals surface area contributed by atoms with Crippen molar-refractivity contribution >= 4 is 28.5 Å². The number of hydrogen-bond donors (Lipinski definition) is 1. The Morgan fingerprint density at radius 2 is 2.04 bits per heavy atom. The second-order valence-corrected chi connectivity index (χ2v) is 7.26. The van der Waals surface area contributed by atoms with Crippen molar-refractivity contribution in [3.8, 4) is 0 Å². The van der Waals surface area contributed by atoms with Gasteiger partial charge < -0.3 is 15.1 Å². The Labute approximate surface area is 154 Å². The third-order valence-electron chi connectivity index (χ3n) is 5.08. The summed E-state index contributed by atoms with van der Waals surface area (Å²) in [6, 6.07) is 9.80. The highest BCUT2D eigenvalue weighted by molar-refractivity contribution is 6.30. The minimum Gasteiger partial charge on any atom is -0.331 e. The molecule has 1 aliphatic rings. The normalized spacial score (nSPS) is 17.4. The third-order valence-corrected chi connectivity index (χ3v) is 5.27. The smallest absolute Gasteiger partial charge is 0.317 e. The zero-order chi connectivity index (χ0) is 18.0. The number of carbonyl (C=O) groups is 1. The van der Waals surface area contributed by atoms with Gasteiger partial charge in [0.2, 0.25) is 0 Å². The van der Waals surface area contributed by atoms with Crippen LogP contribution < -0.4 is 5.32 Å². The summed E-state index contributed by atoms with van der Waals surface area (Å²) < 4.78 is 0. The van der Waals surface area contributed by atoms with Crippen molar-refractivity contribution in [2.24, 2.45) is 0 Å². The van der Waals surface area contributed by atoms with Gasteiger partial charge >= 0.3 is 6.03 Å². The predicted octanol–water partition coefficient (Wildman–Crippen LogP) is 3.68. The minimum absolute atomic E-state index is 0.0425. The van der Waals surface area contributed by atoms with E-state index in [0.29, 0.717) is 11.2 Å². The van der Waals surface area contributed by atoms with Gasteiger partial charge in [-0.1, -0.05) is 29.8 Å². The van der Waals surface area contributed by atoms with Crippen molar-refractivity contribution < 1.29 is 4.79 Å². The summed E-state index contributed by atoms with van der Waals surface area (Å²) in [5, 5.41) is 4.57. The lowest BCUT2D eigenvalue weighted by Gasteiger charge is -2.35. The molecule has 2 heterocycles. The SMILES string of the molecule is CC(NC(=O)N(C)C1CCN(C)CC1)c1cc(Cl)nc2ccccc12. The Bertz CT molecular complexity index is 758. The number of halogens is 1. The lowest BCUT2D eigenvalue weighted by molar-refractivity contribution is 0.146. The van der Waals surface area contributed by atoms with Crippen LogP contribution in [0.25, 0.3) is 10.9 Å². The standard InChI is InChI=1S/C19H25ClN4O/c1-13(16-12-18(20)22-17-7-5-4-6-15(16)17)21-19(25)24(3)14-8-10-23(2)11-9-14/h4-7,12-14H,8-11H2,1-3H3,(H,21,25). The Hall–Kier alpha value is -1.85. The van der Waals surface area contributed by atoms with Crippen molar-refractivity contribution in [1.29, 1.82) is 0 Å². The van der Waals surface area contributed by atoms with Crippen molar-refractivity contribution in [3.63, 3.8) is 0 Å². The first-order chi connectivity index (χ1) is 12.0. The summed E-state index contributed by atoms with van der Waals surface area (Å²) >= 11 is 6.16. The van der Waals surface area contributed by atoms with Crippen LogP contribution in [0.3, 0.4) is 0 Å². The molecule has 6 heteroatoms. The fourth-order valence-corrected chi connectivity index (χ4v) is 3.65. The molecule has 0 bridgehead atoms. The van der Waals surface area contributed by atoms with Crippen LogP contribution >= 0.6 is 11.6 Å². The summed E-state index contributed by atoms with van der Waals surface area (Å²) in [6.45, 7) is 4.05. The first-order valence-corrected chi connectivity index (χ1v) is 9.10. The van der Waals surface area contributed by atoms with Gasteiger partial charge in [0.25, 0.3) is 0 Å². The van der Waals surface area contributed by atoms with E-state index in [1.807, 2.05) is 49.2 Å². The highest BCUT2D eigenvalue weighted by Gasteiger charge is 2.25. The number of hydrogen-bond acceptors (Lipinski definition) is 3. The van der Waals surface area contributed by atoms with Gasteiger partial charge in [-0.25, -0.2) is 9.78 Å². The zero-order valence-corrected chi connectivity index (χ0v) is 15.8. The van der Waals surface area contributed by atoms with E-state index in [1.54, 1.807) is 0 Å². The van der Waals surface area contributed by atoms with E-state index in [-0.39, 0.29) is 12.1 Å². The van der Waals surface area contributed by atoms with Crippen LogP contribution in [0.1, 0.15) is 31.4 Å². The summed E-state index contributed by atoms with van der Waals surface area (Å²) in [5.41, 5.74) is 1.83. The quantitative estimate of drug-likeness (QED) is 0.849. The van der Waals surface area contributed by atoms with Gasteiger partial charge in [-0.05, 0) is 57.6 Å². The summed E-state index contributed by atoms with van der Waals surface area (Å²) in [7, 11) is 4.01. The number of benzene rings is 1. The van der Waals surface area contributed by atoms with Gasteiger partial charge in [0.05, 0.1) is 11.6 Å². The molecule has 1 aromatic heterocycles. The maximum Gasteiger partial charge on any atom is 0.317 e. The third kappa shape index (κ3) is 4.05. The molecule has 1 saturated heterocycles. The molecule has 134 valence electrons. The maximum absolute atomic E-state index is 12.7. The number of amides is 2. The molecule has 0 spiro atoms. The number of para-hydroxylation sites is 1. The zero-order valence-electron chi connectivity index (χ0n) is 15.0. The number of aromatic nitrogens is 1. The van der Waals surface area contributed by atoms with Crippen LogP contribution in [0.5, 0.6) is 0 Å². The van der Waals surface area contributed by atoms with E-state index >= 15 is 0 Å². The molecule has 0 radical (unpaired) electrons. The number of nitrogens with zero attached hydrogens (tertiary/aromatic N) is 3. The number of fused-ring (bicyclic) bond motifs is 1. The molecule has 1 fully saturated rings. The first kappa shape index (κ1) is 18.0. The van der Waals surface area contributed by atoms with Crippen molar-refractivity contribution in [2.75, 3.05) is 27.2 Å². The molecule has 0 saturated carbocycles. The summed E-state index contributed by atoms with van der Waals surface area (Å²) in [4.78, 5) is 21.2. The largest absolute Gasteiger partial charge is 0.331 e. The predicted molar refractivity (Wildman–Crippen MR) is 102 cm³/mol. The monoisotopic (exact) mass is 360 g/mol. The van der Waals surface area contributed by atoms with Crippen LogP contribution in [0.2, 0.25) is 5.15 Å². The van der Waals surface area contributed by atoms with Gasteiger partial charge in [0.1, 0.15) is 5.15 Å². The lowest BCUT2D eigenvalue weighted by Crippen LogP contribution is -2.48. The molecule has 2 amide bonds. The molecule has 0 aliphatic carbocycles. The Morgan fingerprint density at radius 1 is 1.36 bits per heavy atom. The Morgan fingerprint density at radius 3 is 2.76 bits per heavy atom. The van der Waals surface area contributed by atoms with E-state index in [4.69, 9.17) is 11.6 Å². The molecule has 1 N–H and O–H groups in total. The van der Waals surface area contributed by atoms with E-state index in [1.165, 1.54) is 0 Å². The van der Waals surface area contributed by atoms with Crippen LogP contribution in [-0.2, 0) is 0 Å². The van der Waals surface area contributed by atoms with E-state index in [0.717, 1.165) is 42.4 Å². The van der Waals surface area contributed by atoms with Crippen molar-refractivity contribution in [1.82, 2.24) is 20.1 Å². The van der Waals surface area contributed by atoms with E-state index < -0.39 is 0 Å². The highest BCUT2D eigenvalue weighted by atomic mass is 35.5. The van der Waals surface area contributed by atoms with Gasteiger partial charge in [0, 0.05) is 18.5 Å². The van der Waals surface area contributed by atoms with E-state index in [9.17, 15) is 4.79 Å². The lowest BCUT2D eigenvalue weighted by atomic mass is 10.0. The van der Waals surface area contributed by atoms with Gasteiger partial charge in [-0.3, -0.25) is 0 Å². The van der Waals surface area contributed by atoms with Crippen LogP contribution in [0.15, 0.2) is 30.3 Å². The number of urea groups is 1. The number of pyridine rings is 1. The fourth-order valence-electron chi connectivity index (χ4n) is 3.44. The number of piperidine rings is 1. The van der Waals surface area contributed by atoms with E-state index in [2.05, 4.69) is 22.2 Å². The van der Waals surface area contributed by atoms with Crippen LogP contribution in [-0.4, -0.2) is 54.0 Å². The molecule has 2 aromatic rings. The average Bonchev–Trinajstić information content (AvgIpc) is 2.60. The molecule has 5 nitrogen and oxygen atoms in total. The maximum atomic E-state index is 12.7. The molecule has 1 aliphatic heterocycles. The van der Waals surface area contributed by atoms with Crippen molar-refractivity contribution in [2.45, 2.75) is 31.8 Å². The molecule has 25 heavy (non-hydrogen) atoms. The summed E-state index contributed by atoms with van der Waals surface area (Å²) in [5.74, 6) is 0. The number of nitrogens with one attached hydrogen (secondary N) is 1. The molecular weight excluding hydrogens is 336 g/mol. The van der Waals surface area contributed by atoms with Gasteiger partial charge in [-0.2, -0.15) is 0 Å². The van der Waals surface area contributed by atoms with Crippen molar-refractivity contribution in [3.05, 3.63) is 41.0 Å². The fraction of sp³-hybridized carbons (Fsp3) is 0.474. The average molecular weight is 361 g/mol. The van der Waals surface area contributed by atoms with Gasteiger partial charge in [0.15, 0.2) is 0 Å². The second-order valence-electron chi connectivity index (χ2n) is 6.87. The number of rotatable bonds is 3. The number of likely N-dealkylation sites (tertiary alicyclic amines) is 1. The molecule has 1 unspecified atom stereocenters. The molecule has 1 aromatic carbocycles. The molecule has 1 atom stereocenters. The summed E-state index contributed by atoms with van der Waals surface area (Å²) in [6.07, 6.45) is 2.03. The Kier molecular flexibility index (Phi) is 5.45. The highest BCUT2D eigenvalue weighted by Crippen LogP contribution is 2.26. The van der Waals surface area contributed by atoms with Crippen LogP contribution in [0, 0.1) is 0 Å².